The molecule has 0 saturated heterocycles. The molecule has 1 fully saturated rings. The van der Waals surface area contributed by atoms with Gasteiger partial charge < -0.3 is 9.84 Å². The van der Waals surface area contributed by atoms with E-state index < -0.39 is 5.97 Å². The third-order valence-corrected chi connectivity index (χ3v) is 3.55. The van der Waals surface area contributed by atoms with Gasteiger partial charge in [0, 0.05) is 11.8 Å². The van der Waals surface area contributed by atoms with Crippen LogP contribution in [-0.4, -0.2) is 22.2 Å². The van der Waals surface area contributed by atoms with E-state index in [4.69, 9.17) is 9.84 Å². The Morgan fingerprint density at radius 3 is 2.58 bits per heavy atom. The van der Waals surface area contributed by atoms with Gasteiger partial charge in [-0.3, -0.25) is 0 Å². The van der Waals surface area contributed by atoms with E-state index >= 15 is 0 Å². The molecular formula is C15H21NO3. The SMILES string of the molecule is CCc1cc(C(=O)O)cc(OC2CCCCCC2)n1. The zero-order valence-electron chi connectivity index (χ0n) is 11.4. The summed E-state index contributed by atoms with van der Waals surface area (Å²) in [6.45, 7) is 1.96. The fourth-order valence-corrected chi connectivity index (χ4v) is 2.46. The smallest absolute Gasteiger partial charge is 0.335 e. The molecule has 0 bridgehead atoms. The molecule has 4 nitrogen and oxygen atoms in total. The number of ether oxygens (including phenoxy) is 1. The fourth-order valence-electron chi connectivity index (χ4n) is 2.46. The first-order chi connectivity index (χ1) is 9.19. The Balaban J connectivity index is 2.13. The summed E-state index contributed by atoms with van der Waals surface area (Å²) in [6, 6.07) is 3.15. The van der Waals surface area contributed by atoms with Crippen molar-refractivity contribution in [3.8, 4) is 5.88 Å². The second-order valence-electron chi connectivity index (χ2n) is 5.08. The number of rotatable bonds is 4. The predicted octanol–water partition coefficient (Wildman–Crippen LogP) is 3.44. The van der Waals surface area contributed by atoms with Crippen LogP contribution in [0.5, 0.6) is 5.88 Å². The summed E-state index contributed by atoms with van der Waals surface area (Å²) in [6.07, 6.45) is 7.88. The van der Waals surface area contributed by atoms with Crippen molar-refractivity contribution in [1.82, 2.24) is 4.98 Å². The lowest BCUT2D eigenvalue weighted by atomic mass is 10.1. The minimum absolute atomic E-state index is 0.184. The van der Waals surface area contributed by atoms with Gasteiger partial charge in [-0.25, -0.2) is 9.78 Å². The Morgan fingerprint density at radius 1 is 1.32 bits per heavy atom. The minimum Gasteiger partial charge on any atom is -0.478 e. The molecule has 0 radical (unpaired) electrons. The van der Waals surface area contributed by atoms with Gasteiger partial charge in [-0.2, -0.15) is 0 Å². The van der Waals surface area contributed by atoms with Crippen LogP contribution in [0.3, 0.4) is 0 Å². The maximum atomic E-state index is 11.1. The summed E-state index contributed by atoms with van der Waals surface area (Å²) in [7, 11) is 0. The van der Waals surface area contributed by atoms with Crippen LogP contribution in [0.4, 0.5) is 0 Å². The lowest BCUT2D eigenvalue weighted by molar-refractivity contribution is 0.0695. The van der Waals surface area contributed by atoms with Gasteiger partial charge in [0.25, 0.3) is 0 Å². The molecule has 1 aliphatic carbocycles. The number of nitrogens with zero attached hydrogens (tertiary/aromatic N) is 1. The molecular weight excluding hydrogens is 242 g/mol. The van der Waals surface area contributed by atoms with E-state index in [0.717, 1.165) is 18.5 Å². The van der Waals surface area contributed by atoms with Gasteiger partial charge >= 0.3 is 5.97 Å². The van der Waals surface area contributed by atoms with Crippen LogP contribution < -0.4 is 4.74 Å². The normalized spacial score (nSPS) is 16.9. The van der Waals surface area contributed by atoms with Gasteiger partial charge in [-0.05, 0) is 38.2 Å². The summed E-state index contributed by atoms with van der Waals surface area (Å²) >= 11 is 0. The largest absolute Gasteiger partial charge is 0.478 e. The Hall–Kier alpha value is -1.58. The van der Waals surface area contributed by atoms with Gasteiger partial charge in [0.1, 0.15) is 6.10 Å². The number of hydrogen-bond donors (Lipinski definition) is 1. The van der Waals surface area contributed by atoms with E-state index in [2.05, 4.69) is 4.98 Å². The molecule has 2 rings (SSSR count). The number of aryl methyl sites for hydroxylation is 1. The minimum atomic E-state index is -0.928. The Bertz CT molecular complexity index is 437. The molecule has 1 N–H and O–H groups in total. The quantitative estimate of drug-likeness (QED) is 0.845. The van der Waals surface area contributed by atoms with Crippen molar-refractivity contribution < 1.29 is 14.6 Å². The molecule has 0 aliphatic heterocycles. The molecule has 1 aromatic rings. The zero-order chi connectivity index (χ0) is 13.7. The molecule has 0 atom stereocenters. The monoisotopic (exact) mass is 263 g/mol. The summed E-state index contributed by atoms with van der Waals surface area (Å²) in [5, 5.41) is 9.10. The number of hydrogen-bond acceptors (Lipinski definition) is 3. The van der Waals surface area contributed by atoms with E-state index in [1.807, 2.05) is 6.92 Å². The van der Waals surface area contributed by atoms with Crippen molar-refractivity contribution >= 4 is 5.97 Å². The second kappa shape index (κ2) is 6.55. The van der Waals surface area contributed by atoms with Crippen molar-refractivity contribution in [3.05, 3.63) is 23.4 Å². The molecule has 1 saturated carbocycles. The molecule has 4 heteroatoms. The lowest BCUT2D eigenvalue weighted by Crippen LogP contribution is -2.16. The first kappa shape index (κ1) is 13.8. The van der Waals surface area contributed by atoms with Crippen LogP contribution in [0.1, 0.15) is 61.5 Å². The third-order valence-electron chi connectivity index (χ3n) is 3.55. The number of pyridine rings is 1. The van der Waals surface area contributed by atoms with Crippen LogP contribution in [-0.2, 0) is 6.42 Å². The first-order valence-corrected chi connectivity index (χ1v) is 7.10. The molecule has 19 heavy (non-hydrogen) atoms. The van der Waals surface area contributed by atoms with Crippen molar-refractivity contribution in [2.45, 2.75) is 58.0 Å². The highest BCUT2D eigenvalue weighted by Gasteiger charge is 2.16. The summed E-state index contributed by atoms with van der Waals surface area (Å²) < 4.78 is 5.89. The summed E-state index contributed by atoms with van der Waals surface area (Å²) in [5.74, 6) is -0.466. The van der Waals surface area contributed by atoms with Gasteiger partial charge in [0.15, 0.2) is 0 Å². The molecule has 1 aliphatic rings. The average Bonchev–Trinajstić information content (AvgIpc) is 2.67. The Kier molecular flexibility index (Phi) is 4.77. The predicted molar refractivity (Wildman–Crippen MR) is 72.7 cm³/mol. The van der Waals surface area contributed by atoms with Crippen LogP contribution in [0.2, 0.25) is 0 Å². The van der Waals surface area contributed by atoms with Crippen LogP contribution >= 0.6 is 0 Å². The van der Waals surface area contributed by atoms with Crippen LogP contribution in [0, 0.1) is 0 Å². The fraction of sp³-hybridized carbons (Fsp3) is 0.600. The lowest BCUT2D eigenvalue weighted by Gasteiger charge is -2.17. The summed E-state index contributed by atoms with van der Waals surface area (Å²) in [5.41, 5.74) is 1.03. The molecule has 0 aromatic carbocycles. The van der Waals surface area contributed by atoms with Crippen molar-refractivity contribution in [2.75, 3.05) is 0 Å². The molecule has 104 valence electrons. The number of carboxylic acids is 1. The van der Waals surface area contributed by atoms with Gasteiger partial charge in [0.2, 0.25) is 5.88 Å². The van der Waals surface area contributed by atoms with Crippen molar-refractivity contribution in [2.24, 2.45) is 0 Å². The maximum absolute atomic E-state index is 11.1. The first-order valence-electron chi connectivity index (χ1n) is 7.10. The highest BCUT2D eigenvalue weighted by molar-refractivity contribution is 5.88. The zero-order valence-corrected chi connectivity index (χ0v) is 11.4. The molecule has 0 unspecified atom stereocenters. The average molecular weight is 263 g/mol. The van der Waals surface area contributed by atoms with E-state index in [0.29, 0.717) is 12.3 Å². The number of carboxylic acid groups (broad SMARTS) is 1. The molecule has 0 spiro atoms. The highest BCUT2D eigenvalue weighted by atomic mass is 16.5. The van der Waals surface area contributed by atoms with Crippen LogP contribution in [0.25, 0.3) is 0 Å². The topological polar surface area (TPSA) is 59.4 Å². The van der Waals surface area contributed by atoms with E-state index in [-0.39, 0.29) is 11.7 Å². The third kappa shape index (κ3) is 3.94. The van der Waals surface area contributed by atoms with E-state index in [9.17, 15) is 4.79 Å². The van der Waals surface area contributed by atoms with E-state index in [1.54, 1.807) is 6.07 Å². The number of aromatic carboxylic acids is 1. The van der Waals surface area contributed by atoms with Gasteiger partial charge in [0.05, 0.1) is 5.56 Å². The second-order valence-corrected chi connectivity index (χ2v) is 5.08. The van der Waals surface area contributed by atoms with Gasteiger partial charge in [-0.15, -0.1) is 0 Å². The Labute approximate surface area is 113 Å². The maximum Gasteiger partial charge on any atom is 0.335 e. The van der Waals surface area contributed by atoms with Crippen molar-refractivity contribution in [1.29, 1.82) is 0 Å². The molecule has 0 amide bonds. The van der Waals surface area contributed by atoms with Crippen molar-refractivity contribution in [3.63, 3.8) is 0 Å². The molecule has 1 heterocycles. The number of aromatic nitrogens is 1. The Morgan fingerprint density at radius 2 is 2.00 bits per heavy atom. The van der Waals surface area contributed by atoms with Gasteiger partial charge in [-0.1, -0.05) is 19.8 Å². The van der Waals surface area contributed by atoms with E-state index in [1.165, 1.54) is 31.7 Å². The summed E-state index contributed by atoms with van der Waals surface area (Å²) in [4.78, 5) is 15.5. The highest BCUT2D eigenvalue weighted by Crippen LogP contribution is 2.23. The van der Waals surface area contributed by atoms with Crippen LogP contribution in [0.15, 0.2) is 12.1 Å². The number of carbonyl (C=O) groups is 1. The standard InChI is InChI=1S/C15H21NO3/c1-2-12-9-11(15(17)18)10-14(16-12)19-13-7-5-3-4-6-8-13/h9-10,13H,2-8H2,1H3,(H,17,18). The molecule has 1 aromatic heterocycles.